The molecule has 1 heterocycles. The zero-order valence-electron chi connectivity index (χ0n) is 11.5. The minimum atomic E-state index is -0.536. The van der Waals surface area contributed by atoms with E-state index in [4.69, 9.17) is 4.74 Å². The molecule has 0 atom stereocenters. The minimum Gasteiger partial charge on any atom is -0.475 e. The number of hydrogen-bond donors (Lipinski definition) is 1. The molecule has 0 bridgehead atoms. The van der Waals surface area contributed by atoms with Crippen LogP contribution in [0.4, 0.5) is 10.3 Å². The number of ether oxygens (including phenoxy) is 1. The Balaban J connectivity index is 1.83. The van der Waals surface area contributed by atoms with Crippen LogP contribution in [0.3, 0.4) is 0 Å². The summed E-state index contributed by atoms with van der Waals surface area (Å²) in [5, 5.41) is 2.92. The van der Waals surface area contributed by atoms with E-state index in [2.05, 4.69) is 27.4 Å². The topological polar surface area (TPSA) is 47.0 Å². The van der Waals surface area contributed by atoms with Crippen LogP contribution >= 0.6 is 0 Å². The maximum atomic E-state index is 13.5. The molecule has 0 spiro atoms. The molecule has 0 aliphatic rings. The SMILES string of the molecule is CCNc1ncc(F)c(OCCCc2ccccc2)n1. The lowest BCUT2D eigenvalue weighted by atomic mass is 10.1. The molecule has 0 saturated carbocycles. The predicted molar refractivity (Wildman–Crippen MR) is 76.4 cm³/mol. The standard InChI is InChI=1S/C15H18FN3O/c1-2-17-15-18-11-13(16)14(19-15)20-10-6-9-12-7-4-3-5-8-12/h3-5,7-8,11H,2,6,9-10H2,1H3,(H,17,18,19). The summed E-state index contributed by atoms with van der Waals surface area (Å²) in [5.74, 6) is -0.151. The molecule has 0 unspecified atom stereocenters. The van der Waals surface area contributed by atoms with E-state index in [0.29, 0.717) is 19.1 Å². The first-order chi connectivity index (χ1) is 9.79. The molecular weight excluding hydrogens is 257 g/mol. The fraction of sp³-hybridized carbons (Fsp3) is 0.333. The second-order valence-electron chi connectivity index (χ2n) is 4.31. The Bertz CT molecular complexity index is 534. The Morgan fingerprint density at radius 2 is 2.05 bits per heavy atom. The smallest absolute Gasteiger partial charge is 0.255 e. The average molecular weight is 275 g/mol. The fourth-order valence-corrected chi connectivity index (χ4v) is 1.79. The van der Waals surface area contributed by atoms with Crippen LogP contribution in [-0.2, 0) is 6.42 Å². The third kappa shape index (κ3) is 4.19. The number of nitrogens with zero attached hydrogens (tertiary/aromatic N) is 2. The van der Waals surface area contributed by atoms with E-state index in [9.17, 15) is 4.39 Å². The van der Waals surface area contributed by atoms with Gasteiger partial charge in [0, 0.05) is 6.54 Å². The number of hydrogen-bond acceptors (Lipinski definition) is 4. The highest BCUT2D eigenvalue weighted by Gasteiger charge is 2.07. The maximum Gasteiger partial charge on any atom is 0.255 e. The van der Waals surface area contributed by atoms with E-state index >= 15 is 0 Å². The van der Waals surface area contributed by atoms with Gasteiger partial charge in [0.2, 0.25) is 11.8 Å². The molecule has 20 heavy (non-hydrogen) atoms. The molecule has 1 aromatic carbocycles. The third-order valence-electron chi connectivity index (χ3n) is 2.74. The molecular formula is C15H18FN3O. The summed E-state index contributed by atoms with van der Waals surface area (Å²) in [6.07, 6.45) is 2.83. The number of anilines is 1. The van der Waals surface area contributed by atoms with Crippen LogP contribution in [0.15, 0.2) is 36.5 Å². The second-order valence-corrected chi connectivity index (χ2v) is 4.31. The van der Waals surface area contributed by atoms with E-state index in [-0.39, 0.29) is 5.88 Å². The first-order valence-corrected chi connectivity index (χ1v) is 6.72. The van der Waals surface area contributed by atoms with Crippen LogP contribution in [-0.4, -0.2) is 23.1 Å². The van der Waals surface area contributed by atoms with Crippen molar-refractivity contribution in [1.29, 1.82) is 0 Å². The summed E-state index contributed by atoms with van der Waals surface area (Å²) in [7, 11) is 0. The summed E-state index contributed by atoms with van der Waals surface area (Å²) < 4.78 is 18.9. The van der Waals surface area contributed by atoms with Gasteiger partial charge in [-0.3, -0.25) is 0 Å². The molecule has 1 N–H and O–H groups in total. The number of rotatable bonds is 7. The van der Waals surface area contributed by atoms with Gasteiger partial charge in [0.1, 0.15) is 0 Å². The largest absolute Gasteiger partial charge is 0.475 e. The normalized spacial score (nSPS) is 10.3. The zero-order chi connectivity index (χ0) is 14.2. The Morgan fingerprint density at radius 3 is 2.80 bits per heavy atom. The summed E-state index contributed by atoms with van der Waals surface area (Å²) in [6, 6.07) is 10.1. The molecule has 0 amide bonds. The monoisotopic (exact) mass is 275 g/mol. The van der Waals surface area contributed by atoms with Crippen molar-refractivity contribution >= 4 is 5.95 Å². The lowest BCUT2D eigenvalue weighted by Crippen LogP contribution is -2.07. The van der Waals surface area contributed by atoms with Crippen molar-refractivity contribution in [2.24, 2.45) is 0 Å². The Labute approximate surface area is 118 Å². The van der Waals surface area contributed by atoms with Crippen LogP contribution in [0.1, 0.15) is 18.9 Å². The van der Waals surface area contributed by atoms with E-state index in [1.54, 1.807) is 0 Å². The zero-order valence-corrected chi connectivity index (χ0v) is 11.5. The number of aromatic nitrogens is 2. The predicted octanol–water partition coefficient (Wildman–Crippen LogP) is 3.06. The molecule has 0 aliphatic heterocycles. The van der Waals surface area contributed by atoms with Crippen molar-refractivity contribution in [3.8, 4) is 5.88 Å². The Kier molecular flexibility index (Phi) is 5.29. The van der Waals surface area contributed by atoms with Gasteiger partial charge >= 0.3 is 0 Å². The van der Waals surface area contributed by atoms with Crippen LogP contribution in [0.2, 0.25) is 0 Å². The van der Waals surface area contributed by atoms with Gasteiger partial charge in [-0.1, -0.05) is 30.3 Å². The van der Waals surface area contributed by atoms with Gasteiger partial charge in [-0.25, -0.2) is 4.98 Å². The first kappa shape index (κ1) is 14.2. The van der Waals surface area contributed by atoms with E-state index in [1.165, 1.54) is 5.56 Å². The molecule has 5 heteroatoms. The fourth-order valence-electron chi connectivity index (χ4n) is 1.79. The minimum absolute atomic E-state index is 0.00371. The quantitative estimate of drug-likeness (QED) is 0.789. The van der Waals surface area contributed by atoms with E-state index in [1.807, 2.05) is 25.1 Å². The molecule has 106 valence electrons. The highest BCUT2D eigenvalue weighted by molar-refractivity contribution is 5.28. The second kappa shape index (κ2) is 7.43. The molecule has 4 nitrogen and oxygen atoms in total. The summed E-state index contributed by atoms with van der Waals surface area (Å²) in [6.45, 7) is 3.03. The van der Waals surface area contributed by atoms with Crippen molar-refractivity contribution in [1.82, 2.24) is 9.97 Å². The van der Waals surface area contributed by atoms with Crippen LogP contribution in [0.25, 0.3) is 0 Å². The summed E-state index contributed by atoms with van der Waals surface area (Å²) in [4.78, 5) is 7.81. The third-order valence-corrected chi connectivity index (χ3v) is 2.74. The molecule has 2 aromatic rings. The van der Waals surface area contributed by atoms with Crippen molar-refractivity contribution in [2.45, 2.75) is 19.8 Å². The van der Waals surface area contributed by atoms with Crippen molar-refractivity contribution in [3.63, 3.8) is 0 Å². The van der Waals surface area contributed by atoms with Gasteiger partial charge in [-0.2, -0.15) is 9.37 Å². The number of halogens is 1. The highest BCUT2D eigenvalue weighted by Crippen LogP contribution is 2.15. The van der Waals surface area contributed by atoms with Crippen molar-refractivity contribution in [3.05, 3.63) is 47.9 Å². The Morgan fingerprint density at radius 1 is 1.25 bits per heavy atom. The molecule has 0 fully saturated rings. The van der Waals surface area contributed by atoms with Gasteiger partial charge in [-0.05, 0) is 25.3 Å². The molecule has 0 aliphatic carbocycles. The average Bonchev–Trinajstić information content (AvgIpc) is 2.48. The van der Waals surface area contributed by atoms with Gasteiger partial charge in [0.05, 0.1) is 12.8 Å². The molecule has 1 aromatic heterocycles. The van der Waals surface area contributed by atoms with Gasteiger partial charge < -0.3 is 10.1 Å². The van der Waals surface area contributed by atoms with Gasteiger partial charge in [0.15, 0.2) is 0 Å². The lowest BCUT2D eigenvalue weighted by Gasteiger charge is -2.08. The van der Waals surface area contributed by atoms with E-state index < -0.39 is 5.82 Å². The maximum absolute atomic E-state index is 13.5. The van der Waals surface area contributed by atoms with Crippen LogP contribution in [0.5, 0.6) is 5.88 Å². The summed E-state index contributed by atoms with van der Waals surface area (Å²) >= 11 is 0. The van der Waals surface area contributed by atoms with Gasteiger partial charge in [-0.15, -0.1) is 0 Å². The lowest BCUT2D eigenvalue weighted by molar-refractivity contribution is 0.282. The van der Waals surface area contributed by atoms with E-state index in [0.717, 1.165) is 19.0 Å². The summed E-state index contributed by atoms with van der Waals surface area (Å²) in [5.41, 5.74) is 1.24. The van der Waals surface area contributed by atoms with Crippen LogP contribution in [0, 0.1) is 5.82 Å². The molecule has 0 radical (unpaired) electrons. The van der Waals surface area contributed by atoms with Crippen molar-refractivity contribution < 1.29 is 9.13 Å². The van der Waals surface area contributed by atoms with Gasteiger partial charge in [0.25, 0.3) is 5.88 Å². The molecule has 0 saturated heterocycles. The number of nitrogens with one attached hydrogen (secondary N) is 1. The number of benzene rings is 1. The first-order valence-electron chi connectivity index (χ1n) is 6.72. The Hall–Kier alpha value is -2.17. The molecule has 2 rings (SSSR count). The van der Waals surface area contributed by atoms with Crippen molar-refractivity contribution in [2.75, 3.05) is 18.5 Å². The van der Waals surface area contributed by atoms with Crippen LogP contribution < -0.4 is 10.1 Å². The highest BCUT2D eigenvalue weighted by atomic mass is 19.1. The number of aryl methyl sites for hydroxylation is 1.